The quantitative estimate of drug-likeness (QED) is 0.720. The lowest BCUT2D eigenvalue weighted by atomic mass is 10.7. The van der Waals surface area contributed by atoms with Gasteiger partial charge in [0.1, 0.15) is 35.9 Å². The van der Waals surface area contributed by atoms with Crippen molar-refractivity contribution >= 4 is 46.2 Å². The van der Waals surface area contributed by atoms with Crippen LogP contribution in [0.25, 0.3) is 0 Å². The summed E-state index contributed by atoms with van der Waals surface area (Å²) in [5, 5.41) is 4.08. The van der Waals surface area contributed by atoms with Crippen LogP contribution in [0.2, 0.25) is 0 Å². The van der Waals surface area contributed by atoms with Gasteiger partial charge in [-0.25, -0.2) is 0 Å². The molecule has 0 spiro atoms. The van der Waals surface area contributed by atoms with Crippen molar-refractivity contribution < 1.29 is 9.47 Å². The molecule has 0 bridgehead atoms. The van der Waals surface area contributed by atoms with Gasteiger partial charge in [-0.05, 0) is 17.2 Å². The molecule has 0 fully saturated rings. The van der Waals surface area contributed by atoms with Gasteiger partial charge < -0.3 is 9.47 Å². The summed E-state index contributed by atoms with van der Waals surface area (Å²) < 4.78 is 13.7. The van der Waals surface area contributed by atoms with Crippen LogP contribution in [0.3, 0.4) is 0 Å². The van der Waals surface area contributed by atoms with Crippen molar-refractivity contribution in [2.45, 2.75) is 6.92 Å². The molecule has 0 N–H and O–H groups in total. The molecule has 0 unspecified atom stereocenters. The smallest absolute Gasteiger partial charge is 0.360 e. The second-order valence-electron chi connectivity index (χ2n) is 3.00. The van der Waals surface area contributed by atoms with Crippen molar-refractivity contribution in [2.75, 3.05) is 13.2 Å². The largest absolute Gasteiger partial charge is 0.459 e. The summed E-state index contributed by atoms with van der Waals surface area (Å²) in [4.78, 5) is 1.36. The third-order valence-corrected chi connectivity index (χ3v) is 7.15. The zero-order valence-electron chi connectivity index (χ0n) is 7.94. The number of rotatable bonds is 1. The zero-order chi connectivity index (χ0) is 10.3. The van der Waals surface area contributed by atoms with Crippen LogP contribution >= 0.6 is 46.2 Å². The van der Waals surface area contributed by atoms with Crippen LogP contribution < -0.4 is 9.47 Å². The number of hydrogen-bond donors (Lipinski definition) is 0. The minimum Gasteiger partial charge on any atom is -0.459 e. The fourth-order valence-electron chi connectivity index (χ4n) is 1.22. The van der Waals surface area contributed by atoms with Crippen LogP contribution in [0, 0.1) is 4.58 Å². The van der Waals surface area contributed by atoms with E-state index in [1.54, 1.807) is 34.4 Å². The van der Waals surface area contributed by atoms with E-state index in [-0.39, 0.29) is 0 Å². The first kappa shape index (κ1) is 10.3. The Morgan fingerprint density at radius 2 is 2.20 bits per heavy atom. The summed E-state index contributed by atoms with van der Waals surface area (Å²) in [6.45, 7) is 3.48. The van der Waals surface area contributed by atoms with E-state index >= 15 is 0 Å². The fourth-order valence-corrected chi connectivity index (χ4v) is 6.02. The van der Waals surface area contributed by atoms with Crippen molar-refractivity contribution in [1.29, 1.82) is 0 Å². The Balaban J connectivity index is 1.84. The molecule has 0 aromatic carbocycles. The number of thioether (sulfide) groups is 2. The van der Waals surface area contributed by atoms with Crippen LogP contribution in [-0.4, -0.2) is 13.2 Å². The molecule has 15 heavy (non-hydrogen) atoms. The van der Waals surface area contributed by atoms with Crippen LogP contribution in [0.15, 0.2) is 10.3 Å². The van der Waals surface area contributed by atoms with Crippen LogP contribution in [0.1, 0.15) is 11.1 Å². The Morgan fingerprint density at radius 3 is 2.93 bits per heavy atom. The molecule has 3 heterocycles. The summed E-state index contributed by atoms with van der Waals surface area (Å²) in [5.41, 5.74) is 0. The molecule has 79 valence electrons. The van der Waals surface area contributed by atoms with Crippen molar-refractivity contribution in [3.05, 3.63) is 19.1 Å². The number of hydrogen-bond acceptors (Lipinski definition) is 5. The van der Waals surface area contributed by atoms with E-state index in [0.717, 1.165) is 10.1 Å². The molecule has 1 radical (unpaired) electrons. The van der Waals surface area contributed by atoms with E-state index in [1.165, 1.54) is 13.7 Å². The predicted molar refractivity (Wildman–Crippen MR) is 68.9 cm³/mol. The van der Waals surface area contributed by atoms with Gasteiger partial charge in [-0.1, -0.05) is 11.8 Å². The van der Waals surface area contributed by atoms with E-state index in [1.807, 2.05) is 11.8 Å². The molecular weight excluding hydrogens is 268 g/mol. The van der Waals surface area contributed by atoms with Gasteiger partial charge in [-0.15, -0.1) is 11.8 Å². The Morgan fingerprint density at radius 1 is 1.33 bits per heavy atom. The van der Waals surface area contributed by atoms with Gasteiger partial charge in [0.25, 0.3) is 4.19 Å². The van der Waals surface area contributed by atoms with E-state index < -0.39 is 0 Å². The first-order valence-corrected chi connectivity index (χ1v) is 7.77. The van der Waals surface area contributed by atoms with E-state index in [4.69, 9.17) is 9.47 Å². The summed E-state index contributed by atoms with van der Waals surface area (Å²) in [7, 11) is 0. The molecule has 1 aromatic rings. The number of allylic oxidation sites excluding steroid dienone is 1. The predicted octanol–water partition coefficient (Wildman–Crippen LogP) is 4.04. The van der Waals surface area contributed by atoms with Crippen LogP contribution in [0.4, 0.5) is 0 Å². The lowest BCUT2D eigenvalue weighted by Gasteiger charge is -2.06. The zero-order valence-corrected chi connectivity index (χ0v) is 11.2. The Kier molecular flexibility index (Phi) is 2.84. The minimum absolute atomic E-state index is 0.673. The maximum Gasteiger partial charge on any atom is 0.360 e. The van der Waals surface area contributed by atoms with E-state index in [0.29, 0.717) is 13.2 Å². The first-order valence-electron chi connectivity index (χ1n) is 4.44. The van der Waals surface area contributed by atoms with Gasteiger partial charge in [0.15, 0.2) is 4.58 Å². The topological polar surface area (TPSA) is 18.5 Å². The van der Waals surface area contributed by atoms with Crippen molar-refractivity contribution in [3.8, 4) is 10.1 Å². The lowest BCUT2D eigenvalue weighted by Crippen LogP contribution is -2.12. The molecule has 0 saturated heterocycles. The highest BCUT2D eigenvalue weighted by Crippen LogP contribution is 2.57. The highest BCUT2D eigenvalue weighted by atomic mass is 32.2. The molecule has 0 amide bonds. The van der Waals surface area contributed by atoms with Crippen LogP contribution in [0.5, 0.6) is 10.1 Å². The summed E-state index contributed by atoms with van der Waals surface area (Å²) in [5.74, 6) is 0. The third-order valence-electron chi connectivity index (χ3n) is 1.84. The maximum atomic E-state index is 5.55. The minimum atomic E-state index is 0.673. The molecule has 0 saturated carbocycles. The van der Waals surface area contributed by atoms with Crippen molar-refractivity contribution in [3.63, 3.8) is 0 Å². The monoisotopic (exact) mass is 276 g/mol. The van der Waals surface area contributed by atoms with Gasteiger partial charge in [-0.3, -0.25) is 0 Å². The van der Waals surface area contributed by atoms with Gasteiger partial charge >= 0.3 is 10.1 Å². The molecule has 2 nitrogen and oxygen atoms in total. The lowest BCUT2D eigenvalue weighted by molar-refractivity contribution is 0.183. The van der Waals surface area contributed by atoms with Crippen molar-refractivity contribution in [1.82, 2.24) is 0 Å². The Hall–Kier alpha value is 0.0900. The summed E-state index contributed by atoms with van der Waals surface area (Å²) in [6.07, 6.45) is 0. The first-order chi connectivity index (χ1) is 7.33. The fraction of sp³-hybridized carbons (Fsp3) is 0.333. The SMILES string of the molecule is CC1=CS[C](c2sc3c([s+]2)OCCO3)S1. The molecule has 1 aromatic heterocycles. The van der Waals surface area contributed by atoms with Gasteiger partial charge in [0.2, 0.25) is 0 Å². The molecule has 0 aliphatic carbocycles. The molecule has 0 atom stereocenters. The second-order valence-corrected chi connectivity index (χ2v) is 7.62. The average Bonchev–Trinajstić information content (AvgIpc) is 2.82. The molecule has 2 aliphatic heterocycles. The Bertz CT molecular complexity index is 389. The van der Waals surface area contributed by atoms with Crippen LogP contribution in [-0.2, 0) is 0 Å². The standard InChI is InChI=1S/C9H8O2S4/c1-5-4-12-8(13-5)9-14-6-7(15-9)11-3-2-10-6/h4H,2-3H2,1H3/q+1. The molecule has 3 rings (SSSR count). The highest BCUT2D eigenvalue weighted by molar-refractivity contribution is 8.27. The highest BCUT2D eigenvalue weighted by Gasteiger charge is 2.36. The number of fused-ring (bicyclic) bond motifs is 1. The van der Waals surface area contributed by atoms with Gasteiger partial charge in [0.05, 0.1) is 0 Å². The summed E-state index contributed by atoms with van der Waals surface area (Å²) in [6, 6.07) is 0. The van der Waals surface area contributed by atoms with Gasteiger partial charge in [-0.2, -0.15) is 0 Å². The van der Waals surface area contributed by atoms with E-state index in [2.05, 4.69) is 12.3 Å². The average molecular weight is 276 g/mol. The molecule has 2 aliphatic rings. The maximum absolute atomic E-state index is 5.55. The normalized spacial score (nSPS) is 20.5. The van der Waals surface area contributed by atoms with Crippen molar-refractivity contribution in [2.24, 2.45) is 0 Å². The molecule has 6 heteroatoms. The van der Waals surface area contributed by atoms with Gasteiger partial charge in [0, 0.05) is 0 Å². The number of ether oxygens (including phenoxy) is 2. The molecular formula is C9H8O2S4+. The second kappa shape index (κ2) is 4.16. The third kappa shape index (κ3) is 2.00. The van der Waals surface area contributed by atoms with E-state index in [9.17, 15) is 0 Å². The Labute approximate surface area is 105 Å². The summed E-state index contributed by atoms with van der Waals surface area (Å²) >= 11 is 7.01.